The molecule has 0 radical (unpaired) electrons. The monoisotopic (exact) mass is 232 g/mol. The summed E-state index contributed by atoms with van der Waals surface area (Å²) in [5.74, 6) is -1.80. The van der Waals surface area contributed by atoms with Crippen molar-refractivity contribution in [2.24, 2.45) is 0 Å². The highest BCUT2D eigenvalue weighted by Gasteiger charge is 2.32. The highest BCUT2D eigenvalue weighted by atomic mass is 32.2. The lowest BCUT2D eigenvalue weighted by molar-refractivity contribution is -0.136. The maximum atomic E-state index is 10.8. The van der Waals surface area contributed by atoms with Crippen LogP contribution < -0.4 is 0 Å². The van der Waals surface area contributed by atoms with E-state index in [2.05, 4.69) is 0 Å². The second-order valence-electron chi connectivity index (χ2n) is 2.82. The maximum Gasteiger partial charge on any atom is 0.329 e. The molecule has 0 amide bonds. The summed E-state index contributed by atoms with van der Waals surface area (Å²) in [6.07, 6.45) is 0. The van der Waals surface area contributed by atoms with Crippen LogP contribution in [-0.2, 0) is 14.9 Å². The van der Waals surface area contributed by atoms with Gasteiger partial charge in [0, 0.05) is 0 Å². The Kier molecular flexibility index (Phi) is 2.96. The summed E-state index contributed by atoms with van der Waals surface area (Å²) in [6.45, 7) is 0. The zero-order valence-corrected chi connectivity index (χ0v) is 8.18. The molecule has 0 aliphatic carbocycles. The van der Waals surface area contributed by atoms with E-state index < -0.39 is 21.3 Å². The van der Waals surface area contributed by atoms with E-state index in [1.165, 1.54) is 0 Å². The first-order valence-electron chi connectivity index (χ1n) is 3.80. The molecule has 0 aromatic heterocycles. The lowest BCUT2D eigenvalue weighted by Crippen LogP contribution is -2.21. The van der Waals surface area contributed by atoms with Gasteiger partial charge in [0.25, 0.3) is 10.1 Å². The van der Waals surface area contributed by atoms with Gasteiger partial charge in [-0.2, -0.15) is 8.42 Å². The summed E-state index contributed by atoms with van der Waals surface area (Å²) in [5, 5.41) is 15.5. The van der Waals surface area contributed by atoms with Crippen molar-refractivity contribution >= 4 is 16.1 Å². The van der Waals surface area contributed by atoms with Gasteiger partial charge < -0.3 is 10.2 Å². The topological polar surface area (TPSA) is 112 Å². The fourth-order valence-corrected chi connectivity index (χ4v) is 1.85. The van der Waals surface area contributed by atoms with Crippen molar-refractivity contribution in [1.82, 2.24) is 0 Å². The molecule has 0 fully saturated rings. The first-order chi connectivity index (χ1) is 6.82. The minimum atomic E-state index is -4.71. The predicted molar refractivity (Wildman–Crippen MR) is 50.0 cm³/mol. The highest BCUT2D eigenvalue weighted by Crippen LogP contribution is 2.23. The summed E-state index contributed by atoms with van der Waals surface area (Å²) in [5.41, 5.74) is -0.122. The maximum absolute atomic E-state index is 10.8. The molecule has 1 atom stereocenters. The predicted octanol–water partition coefficient (Wildman–Crippen LogP) is 0.406. The third-order valence-electron chi connectivity index (χ3n) is 1.72. The molecule has 82 valence electrons. The molecule has 0 aliphatic rings. The van der Waals surface area contributed by atoms with Crippen molar-refractivity contribution in [3.8, 4) is 5.75 Å². The number of hydrogen-bond donors (Lipinski definition) is 3. The zero-order chi connectivity index (χ0) is 11.6. The van der Waals surface area contributed by atoms with Crippen molar-refractivity contribution in [2.75, 3.05) is 0 Å². The van der Waals surface area contributed by atoms with E-state index in [4.69, 9.17) is 14.8 Å². The van der Waals surface area contributed by atoms with Gasteiger partial charge in [-0.15, -0.1) is 0 Å². The van der Waals surface area contributed by atoms with Crippen LogP contribution in [0.15, 0.2) is 24.3 Å². The number of carboxylic acid groups (broad SMARTS) is 1. The van der Waals surface area contributed by atoms with Gasteiger partial charge in [-0.25, -0.2) is 0 Å². The van der Waals surface area contributed by atoms with Crippen LogP contribution in [0, 0.1) is 0 Å². The van der Waals surface area contributed by atoms with Crippen LogP contribution in [0.4, 0.5) is 0 Å². The molecule has 0 unspecified atom stereocenters. The fourth-order valence-electron chi connectivity index (χ4n) is 1.09. The lowest BCUT2D eigenvalue weighted by atomic mass is 10.1. The molecule has 0 saturated carbocycles. The van der Waals surface area contributed by atoms with Crippen molar-refractivity contribution in [1.29, 1.82) is 0 Å². The first kappa shape index (κ1) is 11.5. The van der Waals surface area contributed by atoms with Crippen LogP contribution >= 0.6 is 0 Å². The number of hydrogen-bond acceptors (Lipinski definition) is 4. The third-order valence-corrected chi connectivity index (χ3v) is 2.79. The second-order valence-corrected chi connectivity index (χ2v) is 4.33. The molecule has 1 aromatic carbocycles. The van der Waals surface area contributed by atoms with E-state index in [0.717, 1.165) is 24.3 Å². The van der Waals surface area contributed by atoms with Gasteiger partial charge in [0.1, 0.15) is 5.75 Å². The second kappa shape index (κ2) is 3.87. The minimum Gasteiger partial charge on any atom is -0.508 e. The Bertz CT molecular complexity index is 460. The zero-order valence-electron chi connectivity index (χ0n) is 7.36. The van der Waals surface area contributed by atoms with Crippen LogP contribution in [0.5, 0.6) is 5.75 Å². The molecule has 3 N–H and O–H groups in total. The molecule has 15 heavy (non-hydrogen) atoms. The van der Waals surface area contributed by atoms with Gasteiger partial charge in [-0.1, -0.05) is 12.1 Å². The van der Waals surface area contributed by atoms with Gasteiger partial charge >= 0.3 is 5.97 Å². The summed E-state index contributed by atoms with van der Waals surface area (Å²) in [7, 11) is -4.71. The van der Waals surface area contributed by atoms with Crippen molar-refractivity contribution in [3.63, 3.8) is 0 Å². The molecular weight excluding hydrogens is 224 g/mol. The molecule has 0 aliphatic heterocycles. The number of phenolic OH excluding ortho intramolecular Hbond substituents is 1. The molecule has 0 spiro atoms. The lowest BCUT2D eigenvalue weighted by Gasteiger charge is -2.08. The van der Waals surface area contributed by atoms with E-state index in [1.54, 1.807) is 0 Å². The SMILES string of the molecule is O=C(O)[C@@H](c1ccc(O)cc1)S(=O)(=O)O. The molecule has 0 saturated heterocycles. The van der Waals surface area contributed by atoms with Crippen LogP contribution in [0.3, 0.4) is 0 Å². The summed E-state index contributed by atoms with van der Waals surface area (Å²) in [4.78, 5) is 10.6. The smallest absolute Gasteiger partial charge is 0.329 e. The van der Waals surface area contributed by atoms with E-state index >= 15 is 0 Å². The third kappa shape index (κ3) is 2.67. The van der Waals surface area contributed by atoms with Crippen LogP contribution in [-0.4, -0.2) is 29.2 Å². The molecule has 7 heteroatoms. The van der Waals surface area contributed by atoms with Gasteiger partial charge in [0.05, 0.1) is 0 Å². The number of rotatable bonds is 3. The Hall–Kier alpha value is -1.60. The Balaban J connectivity index is 3.23. The van der Waals surface area contributed by atoms with E-state index in [1.807, 2.05) is 0 Å². The molecule has 0 heterocycles. The number of phenols is 1. The van der Waals surface area contributed by atoms with Crippen molar-refractivity contribution in [3.05, 3.63) is 29.8 Å². The van der Waals surface area contributed by atoms with Gasteiger partial charge in [0.15, 0.2) is 0 Å². The molecular formula is C8H8O6S. The fraction of sp³-hybridized carbons (Fsp3) is 0.125. The standard InChI is InChI=1S/C8H8O6S/c9-6-3-1-5(2-4-6)7(8(10)11)15(12,13)14/h1-4,7,9H,(H,10,11)(H,12,13,14)/t7-/m1/s1. The van der Waals surface area contributed by atoms with Gasteiger partial charge in [-0.05, 0) is 17.7 Å². The first-order valence-corrected chi connectivity index (χ1v) is 5.30. The van der Waals surface area contributed by atoms with Crippen LogP contribution in [0.2, 0.25) is 0 Å². The van der Waals surface area contributed by atoms with E-state index in [9.17, 15) is 13.2 Å². The molecule has 0 bridgehead atoms. The van der Waals surface area contributed by atoms with Crippen LogP contribution in [0.25, 0.3) is 0 Å². The average Bonchev–Trinajstić information content (AvgIpc) is 2.05. The summed E-state index contributed by atoms with van der Waals surface area (Å²) >= 11 is 0. The Morgan fingerprint density at radius 3 is 2.00 bits per heavy atom. The normalized spacial score (nSPS) is 13.4. The average molecular weight is 232 g/mol. The number of aliphatic carboxylic acids is 1. The number of carboxylic acids is 1. The van der Waals surface area contributed by atoms with E-state index in [-0.39, 0.29) is 11.3 Å². The number of benzene rings is 1. The Labute approximate surface area is 85.5 Å². The number of aromatic hydroxyl groups is 1. The Morgan fingerprint density at radius 1 is 1.20 bits per heavy atom. The van der Waals surface area contributed by atoms with Gasteiger partial charge in [-0.3, -0.25) is 9.35 Å². The highest BCUT2D eigenvalue weighted by molar-refractivity contribution is 7.86. The van der Waals surface area contributed by atoms with Gasteiger partial charge in [0.2, 0.25) is 5.25 Å². The summed E-state index contributed by atoms with van der Waals surface area (Å²) < 4.78 is 30.2. The molecule has 1 rings (SSSR count). The summed E-state index contributed by atoms with van der Waals surface area (Å²) in [6, 6.07) is 4.50. The molecule has 1 aromatic rings. The van der Waals surface area contributed by atoms with E-state index in [0.29, 0.717) is 0 Å². The quantitative estimate of drug-likeness (QED) is 0.650. The van der Waals surface area contributed by atoms with Crippen molar-refractivity contribution in [2.45, 2.75) is 5.25 Å². The largest absolute Gasteiger partial charge is 0.508 e. The Morgan fingerprint density at radius 2 is 1.67 bits per heavy atom. The number of carbonyl (C=O) groups is 1. The van der Waals surface area contributed by atoms with Crippen LogP contribution in [0.1, 0.15) is 10.8 Å². The minimum absolute atomic E-state index is 0.122. The molecule has 6 nitrogen and oxygen atoms in total. The van der Waals surface area contributed by atoms with Crippen molar-refractivity contribution < 1.29 is 28.0 Å².